The van der Waals surface area contributed by atoms with Gasteiger partial charge in [-0.25, -0.2) is 4.79 Å². The fraction of sp³-hybridized carbons (Fsp3) is 0.267. The van der Waals surface area contributed by atoms with Gasteiger partial charge in [-0.2, -0.15) is 11.3 Å². The molecular weight excluding hydrogens is 304 g/mol. The zero-order chi connectivity index (χ0) is 15.9. The Morgan fingerprint density at radius 3 is 2.68 bits per heavy atom. The predicted molar refractivity (Wildman–Crippen MR) is 85.8 cm³/mol. The second kappa shape index (κ2) is 7.67. The van der Waals surface area contributed by atoms with Crippen molar-refractivity contribution in [2.24, 2.45) is 0 Å². The van der Waals surface area contributed by atoms with Gasteiger partial charge in [-0.15, -0.1) is 0 Å². The molecule has 3 N–H and O–H groups in total. The van der Waals surface area contributed by atoms with E-state index in [0.717, 1.165) is 5.56 Å². The van der Waals surface area contributed by atoms with Gasteiger partial charge >= 0.3 is 6.03 Å². The number of ether oxygens (including phenoxy) is 2. The summed E-state index contributed by atoms with van der Waals surface area (Å²) >= 11 is 1.50. The van der Waals surface area contributed by atoms with Gasteiger partial charge in [0.05, 0.1) is 20.3 Å². The van der Waals surface area contributed by atoms with E-state index in [9.17, 15) is 9.90 Å². The summed E-state index contributed by atoms with van der Waals surface area (Å²) in [6.07, 6.45) is -0.720. The summed E-state index contributed by atoms with van der Waals surface area (Å²) in [5.41, 5.74) is 1.36. The van der Waals surface area contributed by atoms with Crippen LogP contribution in [0.1, 0.15) is 11.7 Å². The number of aliphatic hydroxyl groups is 1. The molecule has 7 heteroatoms. The minimum Gasteiger partial charge on any atom is -0.493 e. The molecule has 0 saturated heterocycles. The zero-order valence-electron chi connectivity index (χ0n) is 12.3. The van der Waals surface area contributed by atoms with Crippen molar-refractivity contribution in [3.63, 3.8) is 0 Å². The van der Waals surface area contributed by atoms with Crippen LogP contribution in [0.5, 0.6) is 11.5 Å². The number of anilines is 1. The van der Waals surface area contributed by atoms with Gasteiger partial charge in [-0.1, -0.05) is 0 Å². The summed E-state index contributed by atoms with van der Waals surface area (Å²) in [7, 11) is 3.07. The Kier molecular flexibility index (Phi) is 5.62. The third-order valence-electron chi connectivity index (χ3n) is 3.03. The van der Waals surface area contributed by atoms with E-state index in [0.29, 0.717) is 17.2 Å². The fourth-order valence-electron chi connectivity index (χ4n) is 1.86. The minimum absolute atomic E-state index is 0.135. The molecule has 22 heavy (non-hydrogen) atoms. The van der Waals surface area contributed by atoms with E-state index in [1.54, 1.807) is 25.3 Å². The lowest BCUT2D eigenvalue weighted by Crippen LogP contribution is -2.32. The second-order valence-corrected chi connectivity index (χ2v) is 5.26. The normalized spacial score (nSPS) is 11.6. The van der Waals surface area contributed by atoms with Crippen molar-refractivity contribution in [3.8, 4) is 11.5 Å². The van der Waals surface area contributed by atoms with Crippen LogP contribution in [0.15, 0.2) is 35.0 Å². The first-order valence-electron chi connectivity index (χ1n) is 6.61. The first kappa shape index (κ1) is 16.1. The molecule has 0 saturated carbocycles. The van der Waals surface area contributed by atoms with Gasteiger partial charge in [0.15, 0.2) is 11.5 Å². The van der Waals surface area contributed by atoms with Crippen LogP contribution in [-0.4, -0.2) is 31.9 Å². The van der Waals surface area contributed by atoms with E-state index in [1.807, 2.05) is 16.8 Å². The Hall–Kier alpha value is -2.25. The summed E-state index contributed by atoms with van der Waals surface area (Å²) in [4.78, 5) is 11.8. The van der Waals surface area contributed by atoms with Gasteiger partial charge in [0.2, 0.25) is 0 Å². The zero-order valence-corrected chi connectivity index (χ0v) is 13.1. The van der Waals surface area contributed by atoms with Crippen molar-refractivity contribution in [1.82, 2.24) is 5.32 Å². The Balaban J connectivity index is 1.89. The van der Waals surface area contributed by atoms with Crippen LogP contribution in [0, 0.1) is 0 Å². The number of carbonyl (C=O) groups excluding carboxylic acids is 1. The van der Waals surface area contributed by atoms with Crippen LogP contribution < -0.4 is 20.1 Å². The summed E-state index contributed by atoms with van der Waals surface area (Å²) in [6.45, 7) is 0.135. The quantitative estimate of drug-likeness (QED) is 0.764. The Bertz CT molecular complexity index is 616. The number of carbonyl (C=O) groups is 1. The lowest BCUT2D eigenvalue weighted by atomic mass is 10.2. The van der Waals surface area contributed by atoms with Crippen molar-refractivity contribution < 1.29 is 19.4 Å². The Labute approximate surface area is 132 Å². The van der Waals surface area contributed by atoms with Gasteiger partial charge in [0, 0.05) is 18.3 Å². The molecule has 0 radical (unpaired) electrons. The molecule has 2 amide bonds. The van der Waals surface area contributed by atoms with E-state index < -0.39 is 12.1 Å². The van der Waals surface area contributed by atoms with Gasteiger partial charge in [-0.3, -0.25) is 0 Å². The molecule has 0 bridgehead atoms. The van der Waals surface area contributed by atoms with Gasteiger partial charge in [-0.05, 0) is 34.5 Å². The lowest BCUT2D eigenvalue weighted by Gasteiger charge is -2.13. The summed E-state index contributed by atoms with van der Waals surface area (Å²) in [5, 5.41) is 18.9. The average molecular weight is 322 g/mol. The van der Waals surface area contributed by atoms with Crippen molar-refractivity contribution in [2.75, 3.05) is 26.1 Å². The SMILES string of the molecule is COc1ccc(NC(=O)NCC(O)c2ccsc2)cc1OC. The van der Waals surface area contributed by atoms with Crippen LogP contribution in [-0.2, 0) is 0 Å². The number of benzene rings is 1. The van der Waals surface area contributed by atoms with E-state index in [2.05, 4.69) is 10.6 Å². The van der Waals surface area contributed by atoms with Gasteiger partial charge in [0.25, 0.3) is 0 Å². The number of thiophene rings is 1. The third kappa shape index (κ3) is 4.12. The molecule has 1 unspecified atom stereocenters. The number of methoxy groups -OCH3 is 2. The largest absolute Gasteiger partial charge is 0.493 e. The summed E-state index contributed by atoms with van der Waals surface area (Å²) in [6, 6.07) is 6.49. The number of hydrogen-bond donors (Lipinski definition) is 3. The number of amides is 2. The number of hydrogen-bond acceptors (Lipinski definition) is 5. The lowest BCUT2D eigenvalue weighted by molar-refractivity contribution is 0.175. The molecule has 1 atom stereocenters. The number of aliphatic hydroxyl groups excluding tert-OH is 1. The molecule has 0 fully saturated rings. The van der Waals surface area contributed by atoms with E-state index >= 15 is 0 Å². The monoisotopic (exact) mass is 322 g/mol. The van der Waals surface area contributed by atoms with E-state index in [4.69, 9.17) is 9.47 Å². The minimum atomic E-state index is -0.720. The van der Waals surface area contributed by atoms with Crippen molar-refractivity contribution in [1.29, 1.82) is 0 Å². The molecule has 0 aliphatic rings. The van der Waals surface area contributed by atoms with Crippen molar-refractivity contribution >= 4 is 23.1 Å². The fourth-order valence-corrected chi connectivity index (χ4v) is 2.57. The standard InChI is InChI=1S/C15H18N2O4S/c1-20-13-4-3-11(7-14(13)21-2)17-15(19)16-8-12(18)10-5-6-22-9-10/h3-7,9,12,18H,8H2,1-2H3,(H2,16,17,19). The van der Waals surface area contributed by atoms with Crippen LogP contribution >= 0.6 is 11.3 Å². The van der Waals surface area contributed by atoms with Gasteiger partial charge < -0.3 is 25.2 Å². The molecule has 118 valence electrons. The molecule has 1 aromatic heterocycles. The van der Waals surface area contributed by atoms with Crippen LogP contribution in [0.2, 0.25) is 0 Å². The molecule has 0 spiro atoms. The highest BCUT2D eigenvalue weighted by atomic mass is 32.1. The first-order valence-corrected chi connectivity index (χ1v) is 7.55. The number of rotatable bonds is 6. The Morgan fingerprint density at radius 1 is 1.27 bits per heavy atom. The highest BCUT2D eigenvalue weighted by Crippen LogP contribution is 2.29. The van der Waals surface area contributed by atoms with Crippen molar-refractivity contribution in [3.05, 3.63) is 40.6 Å². The van der Waals surface area contributed by atoms with Gasteiger partial charge in [0.1, 0.15) is 0 Å². The van der Waals surface area contributed by atoms with Crippen LogP contribution in [0.4, 0.5) is 10.5 Å². The summed E-state index contributed by atoms with van der Waals surface area (Å²) in [5.74, 6) is 1.11. The maximum absolute atomic E-state index is 11.8. The number of nitrogens with one attached hydrogen (secondary N) is 2. The molecule has 6 nitrogen and oxygen atoms in total. The van der Waals surface area contributed by atoms with Crippen molar-refractivity contribution in [2.45, 2.75) is 6.10 Å². The third-order valence-corrected chi connectivity index (χ3v) is 3.73. The average Bonchev–Trinajstić information content (AvgIpc) is 3.07. The highest BCUT2D eigenvalue weighted by molar-refractivity contribution is 7.07. The summed E-state index contributed by atoms with van der Waals surface area (Å²) < 4.78 is 10.3. The van der Waals surface area contributed by atoms with Crippen LogP contribution in [0.3, 0.4) is 0 Å². The topological polar surface area (TPSA) is 79.8 Å². The predicted octanol–water partition coefficient (Wildman–Crippen LogP) is 2.62. The van der Waals surface area contributed by atoms with E-state index in [-0.39, 0.29) is 6.54 Å². The molecule has 1 aromatic carbocycles. The molecule has 0 aliphatic heterocycles. The second-order valence-electron chi connectivity index (χ2n) is 4.48. The molecule has 1 heterocycles. The smallest absolute Gasteiger partial charge is 0.319 e. The van der Waals surface area contributed by atoms with E-state index in [1.165, 1.54) is 18.4 Å². The Morgan fingerprint density at radius 2 is 2.05 bits per heavy atom. The molecule has 2 aromatic rings. The first-order chi connectivity index (χ1) is 10.6. The highest BCUT2D eigenvalue weighted by Gasteiger charge is 2.11. The van der Waals surface area contributed by atoms with Crippen LogP contribution in [0.25, 0.3) is 0 Å². The molecule has 0 aliphatic carbocycles. The number of urea groups is 1. The maximum atomic E-state index is 11.8. The molecular formula is C15H18N2O4S. The molecule has 2 rings (SSSR count). The maximum Gasteiger partial charge on any atom is 0.319 e.